The summed E-state index contributed by atoms with van der Waals surface area (Å²) in [6.07, 6.45) is -1.16. The number of aliphatic hydroxyl groups is 1. The molecule has 0 aliphatic carbocycles. The lowest BCUT2D eigenvalue weighted by molar-refractivity contribution is -0.141. The predicted octanol–water partition coefficient (Wildman–Crippen LogP) is 3.95. The first-order valence-corrected chi connectivity index (χ1v) is 8.33. The van der Waals surface area contributed by atoms with Crippen molar-refractivity contribution < 1.29 is 9.90 Å². The molecule has 0 spiro atoms. The molecular weight excluding hydrogens is 310 g/mol. The quantitative estimate of drug-likeness (QED) is 0.743. The Morgan fingerprint density at radius 3 is 1.56 bits per heavy atom. The maximum atomic E-state index is 12.9. The molecule has 3 aromatic rings. The molecule has 0 fully saturated rings. The summed E-state index contributed by atoms with van der Waals surface area (Å²) in [4.78, 5) is 14.6. The minimum Gasteiger partial charge on any atom is -0.378 e. The number of amides is 1. The third-order valence-corrected chi connectivity index (χ3v) is 4.09. The van der Waals surface area contributed by atoms with Crippen LogP contribution in [0.25, 0.3) is 0 Å². The Hall–Kier alpha value is -2.91. The van der Waals surface area contributed by atoms with Gasteiger partial charge in [-0.05, 0) is 16.7 Å². The van der Waals surface area contributed by atoms with Crippen molar-refractivity contribution in [1.82, 2.24) is 4.90 Å². The molecule has 3 rings (SSSR count). The molecule has 3 nitrogen and oxygen atoms in total. The number of carbonyl (C=O) groups excluding carboxylic acids is 1. The fourth-order valence-corrected chi connectivity index (χ4v) is 2.77. The highest BCUT2D eigenvalue weighted by atomic mass is 16.3. The number of carbonyl (C=O) groups is 1. The van der Waals surface area contributed by atoms with Crippen LogP contribution in [0.3, 0.4) is 0 Å². The lowest BCUT2D eigenvalue weighted by atomic mass is 10.1. The topological polar surface area (TPSA) is 40.5 Å². The Bertz CT molecular complexity index is 747. The van der Waals surface area contributed by atoms with Crippen LogP contribution in [0.4, 0.5) is 0 Å². The molecule has 0 bridgehead atoms. The van der Waals surface area contributed by atoms with E-state index in [1.165, 1.54) is 0 Å². The minimum atomic E-state index is -1.16. The van der Waals surface area contributed by atoms with E-state index in [0.717, 1.165) is 11.1 Å². The van der Waals surface area contributed by atoms with Gasteiger partial charge in [-0.3, -0.25) is 4.79 Å². The van der Waals surface area contributed by atoms with E-state index in [1.54, 1.807) is 17.0 Å². The van der Waals surface area contributed by atoms with Gasteiger partial charge < -0.3 is 10.0 Å². The van der Waals surface area contributed by atoms with Gasteiger partial charge in [0.2, 0.25) is 0 Å². The van der Waals surface area contributed by atoms with E-state index >= 15 is 0 Å². The Morgan fingerprint density at radius 1 is 0.720 bits per heavy atom. The highest BCUT2D eigenvalue weighted by Crippen LogP contribution is 2.19. The largest absolute Gasteiger partial charge is 0.378 e. The molecule has 1 N–H and O–H groups in total. The molecule has 1 amide bonds. The van der Waals surface area contributed by atoms with Crippen molar-refractivity contribution in [2.75, 3.05) is 0 Å². The lowest BCUT2D eigenvalue weighted by Gasteiger charge is -2.26. The Kier molecular flexibility index (Phi) is 5.60. The summed E-state index contributed by atoms with van der Waals surface area (Å²) in [5, 5.41) is 10.5. The van der Waals surface area contributed by atoms with Crippen LogP contribution in [0.5, 0.6) is 0 Å². The number of aliphatic hydroxyl groups excluding tert-OH is 1. The minimum absolute atomic E-state index is 0.293. The Balaban J connectivity index is 1.83. The van der Waals surface area contributed by atoms with Gasteiger partial charge >= 0.3 is 0 Å². The second-order valence-electron chi connectivity index (χ2n) is 5.98. The van der Waals surface area contributed by atoms with Gasteiger partial charge in [0.25, 0.3) is 5.91 Å². The smallest absolute Gasteiger partial charge is 0.256 e. The SMILES string of the molecule is O=C(C(O)c1ccccc1)N(Cc1ccccc1)Cc1ccccc1. The van der Waals surface area contributed by atoms with Crippen LogP contribution in [0, 0.1) is 0 Å². The van der Waals surface area contributed by atoms with Gasteiger partial charge in [-0.2, -0.15) is 0 Å². The molecule has 0 radical (unpaired) electrons. The number of nitrogens with zero attached hydrogens (tertiary/aromatic N) is 1. The zero-order valence-corrected chi connectivity index (χ0v) is 14.0. The highest BCUT2D eigenvalue weighted by Gasteiger charge is 2.24. The van der Waals surface area contributed by atoms with Gasteiger partial charge in [0.05, 0.1) is 0 Å². The van der Waals surface area contributed by atoms with Crippen LogP contribution in [0.1, 0.15) is 22.8 Å². The molecule has 126 valence electrons. The molecule has 1 unspecified atom stereocenters. The fraction of sp³-hybridized carbons (Fsp3) is 0.136. The van der Waals surface area contributed by atoms with E-state index in [2.05, 4.69) is 0 Å². The average molecular weight is 331 g/mol. The van der Waals surface area contributed by atoms with Crippen LogP contribution < -0.4 is 0 Å². The first-order chi connectivity index (χ1) is 12.2. The zero-order chi connectivity index (χ0) is 17.5. The summed E-state index contributed by atoms with van der Waals surface area (Å²) in [6.45, 7) is 0.914. The molecule has 3 aromatic carbocycles. The highest BCUT2D eigenvalue weighted by molar-refractivity contribution is 5.82. The van der Waals surface area contributed by atoms with Gasteiger partial charge in [0.1, 0.15) is 0 Å². The zero-order valence-electron chi connectivity index (χ0n) is 14.0. The molecule has 0 aromatic heterocycles. The molecule has 25 heavy (non-hydrogen) atoms. The van der Waals surface area contributed by atoms with E-state index in [0.29, 0.717) is 18.7 Å². The van der Waals surface area contributed by atoms with E-state index in [4.69, 9.17) is 0 Å². The van der Waals surface area contributed by atoms with E-state index < -0.39 is 6.10 Å². The molecule has 0 aliphatic rings. The standard InChI is InChI=1S/C22H21NO2/c24-21(20-14-8-3-9-15-20)22(25)23(16-18-10-4-1-5-11-18)17-19-12-6-2-7-13-19/h1-15,21,24H,16-17H2. The number of hydrogen-bond donors (Lipinski definition) is 1. The average Bonchev–Trinajstić information content (AvgIpc) is 2.68. The second-order valence-corrected chi connectivity index (χ2v) is 5.98. The van der Waals surface area contributed by atoms with E-state index in [1.807, 2.05) is 78.9 Å². The van der Waals surface area contributed by atoms with E-state index in [-0.39, 0.29) is 5.91 Å². The van der Waals surface area contributed by atoms with E-state index in [9.17, 15) is 9.90 Å². The van der Waals surface area contributed by atoms with Gasteiger partial charge in [-0.15, -0.1) is 0 Å². The van der Waals surface area contributed by atoms with Crippen LogP contribution in [-0.2, 0) is 17.9 Å². The van der Waals surface area contributed by atoms with Gasteiger partial charge in [0, 0.05) is 13.1 Å². The fourth-order valence-electron chi connectivity index (χ4n) is 2.77. The molecule has 0 aliphatic heterocycles. The number of hydrogen-bond acceptors (Lipinski definition) is 2. The van der Waals surface area contributed by atoms with Gasteiger partial charge in [0.15, 0.2) is 6.10 Å². The predicted molar refractivity (Wildman–Crippen MR) is 98.5 cm³/mol. The Labute approximate surface area is 148 Å². The third-order valence-electron chi connectivity index (χ3n) is 4.09. The van der Waals surface area contributed by atoms with Crippen LogP contribution in [-0.4, -0.2) is 15.9 Å². The summed E-state index contributed by atoms with van der Waals surface area (Å²) in [5.74, 6) is -0.293. The van der Waals surface area contributed by atoms with Crippen molar-refractivity contribution in [3.63, 3.8) is 0 Å². The van der Waals surface area contributed by atoms with Crippen molar-refractivity contribution >= 4 is 5.91 Å². The molecular formula is C22H21NO2. The summed E-state index contributed by atoms with van der Waals surface area (Å²) in [7, 11) is 0. The normalized spacial score (nSPS) is 11.7. The summed E-state index contributed by atoms with van der Waals surface area (Å²) < 4.78 is 0. The summed E-state index contributed by atoms with van der Waals surface area (Å²) >= 11 is 0. The van der Waals surface area contributed by atoms with Crippen molar-refractivity contribution in [2.45, 2.75) is 19.2 Å². The van der Waals surface area contributed by atoms with Crippen molar-refractivity contribution in [3.8, 4) is 0 Å². The number of rotatable bonds is 6. The molecule has 1 atom stereocenters. The van der Waals surface area contributed by atoms with Crippen molar-refractivity contribution in [1.29, 1.82) is 0 Å². The maximum absolute atomic E-state index is 12.9. The second kappa shape index (κ2) is 8.27. The summed E-state index contributed by atoms with van der Waals surface area (Å²) in [5.41, 5.74) is 2.68. The number of benzene rings is 3. The summed E-state index contributed by atoms with van der Waals surface area (Å²) in [6, 6.07) is 28.7. The monoisotopic (exact) mass is 331 g/mol. The van der Waals surface area contributed by atoms with Crippen molar-refractivity contribution in [3.05, 3.63) is 108 Å². The molecule has 0 heterocycles. The van der Waals surface area contributed by atoms with Crippen LogP contribution in [0.15, 0.2) is 91.0 Å². The van der Waals surface area contributed by atoms with Crippen LogP contribution >= 0.6 is 0 Å². The first kappa shape index (κ1) is 16.9. The first-order valence-electron chi connectivity index (χ1n) is 8.33. The third kappa shape index (κ3) is 4.55. The Morgan fingerprint density at radius 2 is 1.12 bits per heavy atom. The van der Waals surface area contributed by atoms with Crippen molar-refractivity contribution in [2.24, 2.45) is 0 Å². The van der Waals surface area contributed by atoms with Gasteiger partial charge in [-0.1, -0.05) is 91.0 Å². The molecule has 0 saturated heterocycles. The molecule has 3 heteroatoms. The molecule has 0 saturated carbocycles. The maximum Gasteiger partial charge on any atom is 0.256 e. The van der Waals surface area contributed by atoms with Crippen LogP contribution in [0.2, 0.25) is 0 Å². The van der Waals surface area contributed by atoms with Gasteiger partial charge in [-0.25, -0.2) is 0 Å². The lowest BCUT2D eigenvalue weighted by Crippen LogP contribution is -2.34.